The Morgan fingerprint density at radius 2 is 1.89 bits per heavy atom. The number of likely N-dealkylation sites (tertiary alicyclic amines) is 1. The average molecular weight is 273 g/mol. The summed E-state index contributed by atoms with van der Waals surface area (Å²) in [6.07, 6.45) is 1.17. The highest BCUT2D eigenvalue weighted by Gasteiger charge is 2.28. The van der Waals surface area contributed by atoms with E-state index in [1.54, 1.807) is 0 Å². The number of rotatable bonds is 3. The van der Waals surface area contributed by atoms with Gasteiger partial charge in [0.2, 0.25) is 0 Å². The molecule has 1 aromatic carbocycles. The molecule has 1 aliphatic heterocycles. The first kappa shape index (κ1) is 15.4. The summed E-state index contributed by atoms with van der Waals surface area (Å²) in [4.78, 5) is 2.43. The maximum atomic E-state index is 12.9. The van der Waals surface area contributed by atoms with Gasteiger partial charge in [0.05, 0.1) is 0 Å². The lowest BCUT2D eigenvalue weighted by Gasteiger charge is -2.25. The largest absolute Gasteiger partial charge is 0.328 e. The fourth-order valence-corrected chi connectivity index (χ4v) is 2.55. The molecule has 3 unspecified atom stereocenters. The molecule has 2 rings (SSSR count). The fraction of sp³-hybridized carbons (Fsp3) is 0.571. The number of nitrogens with two attached hydrogens (primary N) is 1. The summed E-state index contributed by atoms with van der Waals surface area (Å²) in [6, 6.07) is 7.42. The van der Waals surface area contributed by atoms with Gasteiger partial charge in [-0.2, -0.15) is 0 Å². The van der Waals surface area contributed by atoms with Gasteiger partial charge in [-0.15, -0.1) is 12.4 Å². The van der Waals surface area contributed by atoms with Gasteiger partial charge in [-0.1, -0.05) is 12.1 Å². The molecule has 0 aromatic heterocycles. The third-order valence-electron chi connectivity index (χ3n) is 3.90. The van der Waals surface area contributed by atoms with Crippen LogP contribution in [0.25, 0.3) is 0 Å². The third-order valence-corrected chi connectivity index (χ3v) is 3.90. The summed E-state index contributed by atoms with van der Waals surface area (Å²) >= 11 is 0. The molecular weight excluding hydrogens is 251 g/mol. The molecule has 2 N–H and O–H groups in total. The van der Waals surface area contributed by atoms with Crippen molar-refractivity contribution >= 4 is 12.4 Å². The van der Waals surface area contributed by atoms with E-state index in [9.17, 15) is 4.39 Å². The normalized spacial score (nSPS) is 23.4. The van der Waals surface area contributed by atoms with Crippen molar-refractivity contribution in [1.29, 1.82) is 0 Å². The minimum absolute atomic E-state index is 0. The lowest BCUT2D eigenvalue weighted by Crippen LogP contribution is -2.30. The van der Waals surface area contributed by atoms with Crippen LogP contribution in [0.5, 0.6) is 0 Å². The van der Waals surface area contributed by atoms with E-state index in [1.165, 1.54) is 24.1 Å². The Kier molecular flexibility index (Phi) is 5.57. The van der Waals surface area contributed by atoms with Crippen molar-refractivity contribution in [3.63, 3.8) is 0 Å². The molecule has 1 saturated heterocycles. The highest BCUT2D eigenvalue weighted by atomic mass is 35.5. The first-order chi connectivity index (χ1) is 8.08. The molecule has 3 atom stereocenters. The molecule has 1 aromatic rings. The van der Waals surface area contributed by atoms with Crippen molar-refractivity contribution in [2.24, 2.45) is 11.7 Å². The van der Waals surface area contributed by atoms with Crippen LogP contribution in [0, 0.1) is 11.7 Å². The van der Waals surface area contributed by atoms with Crippen LogP contribution in [0.4, 0.5) is 4.39 Å². The quantitative estimate of drug-likeness (QED) is 0.917. The maximum absolute atomic E-state index is 12.9. The van der Waals surface area contributed by atoms with Gasteiger partial charge in [-0.05, 0) is 50.4 Å². The number of hydrogen-bond acceptors (Lipinski definition) is 2. The van der Waals surface area contributed by atoms with Crippen molar-refractivity contribution in [2.75, 3.05) is 13.1 Å². The van der Waals surface area contributed by atoms with Gasteiger partial charge in [0.25, 0.3) is 0 Å². The molecule has 0 amide bonds. The summed E-state index contributed by atoms with van der Waals surface area (Å²) in [5, 5.41) is 0. The van der Waals surface area contributed by atoms with Crippen molar-refractivity contribution in [3.8, 4) is 0 Å². The topological polar surface area (TPSA) is 29.3 Å². The number of benzene rings is 1. The fourth-order valence-electron chi connectivity index (χ4n) is 2.55. The average Bonchev–Trinajstić information content (AvgIpc) is 2.78. The molecular formula is C14H22ClFN2. The van der Waals surface area contributed by atoms with Gasteiger partial charge >= 0.3 is 0 Å². The van der Waals surface area contributed by atoms with E-state index in [2.05, 4.69) is 18.7 Å². The van der Waals surface area contributed by atoms with Gasteiger partial charge < -0.3 is 5.73 Å². The molecule has 0 aliphatic carbocycles. The van der Waals surface area contributed by atoms with Crippen molar-refractivity contribution in [2.45, 2.75) is 32.4 Å². The van der Waals surface area contributed by atoms with Gasteiger partial charge in [-0.25, -0.2) is 4.39 Å². The minimum Gasteiger partial charge on any atom is -0.328 e. The van der Waals surface area contributed by atoms with E-state index in [1.807, 2.05) is 12.1 Å². The smallest absolute Gasteiger partial charge is 0.123 e. The summed E-state index contributed by atoms with van der Waals surface area (Å²) < 4.78 is 12.9. The predicted octanol–water partition coefficient (Wildman–Crippen LogP) is 2.98. The summed E-state index contributed by atoms with van der Waals surface area (Å²) in [7, 11) is 0. The SMILES string of the molecule is CC(N)C1CCN(C(C)c2ccc(F)cc2)C1.Cl. The molecule has 1 fully saturated rings. The Balaban J connectivity index is 0.00000162. The zero-order chi connectivity index (χ0) is 12.4. The maximum Gasteiger partial charge on any atom is 0.123 e. The van der Waals surface area contributed by atoms with E-state index in [4.69, 9.17) is 5.73 Å². The van der Waals surface area contributed by atoms with Crippen molar-refractivity contribution in [1.82, 2.24) is 4.90 Å². The van der Waals surface area contributed by atoms with E-state index < -0.39 is 0 Å². The van der Waals surface area contributed by atoms with Gasteiger partial charge in [-0.3, -0.25) is 4.90 Å². The summed E-state index contributed by atoms with van der Waals surface area (Å²) in [5.74, 6) is 0.425. The Labute approximate surface area is 115 Å². The molecule has 102 valence electrons. The molecule has 0 radical (unpaired) electrons. The number of nitrogens with zero attached hydrogens (tertiary/aromatic N) is 1. The van der Waals surface area contributed by atoms with E-state index >= 15 is 0 Å². The Hall–Kier alpha value is -0.640. The monoisotopic (exact) mass is 272 g/mol. The second-order valence-electron chi connectivity index (χ2n) is 5.13. The minimum atomic E-state index is -0.171. The Bertz CT molecular complexity index is 367. The Morgan fingerprint density at radius 1 is 1.28 bits per heavy atom. The molecule has 2 nitrogen and oxygen atoms in total. The van der Waals surface area contributed by atoms with Gasteiger partial charge in [0.15, 0.2) is 0 Å². The highest BCUT2D eigenvalue weighted by molar-refractivity contribution is 5.85. The van der Waals surface area contributed by atoms with Crippen molar-refractivity contribution < 1.29 is 4.39 Å². The van der Waals surface area contributed by atoms with E-state index in [0.717, 1.165) is 13.1 Å². The van der Waals surface area contributed by atoms with Gasteiger partial charge in [0, 0.05) is 18.6 Å². The molecule has 0 saturated carbocycles. The highest BCUT2D eigenvalue weighted by Crippen LogP contribution is 2.28. The van der Waals surface area contributed by atoms with Crippen LogP contribution in [0.3, 0.4) is 0 Å². The van der Waals surface area contributed by atoms with Crippen LogP contribution in [0.15, 0.2) is 24.3 Å². The van der Waals surface area contributed by atoms with Crippen LogP contribution in [-0.2, 0) is 0 Å². The second-order valence-corrected chi connectivity index (χ2v) is 5.13. The molecule has 0 bridgehead atoms. The standard InChI is InChI=1S/C14H21FN2.ClH/c1-10(16)13-7-8-17(9-13)11(2)12-3-5-14(15)6-4-12;/h3-6,10-11,13H,7-9,16H2,1-2H3;1H. The molecule has 4 heteroatoms. The third kappa shape index (κ3) is 3.44. The summed E-state index contributed by atoms with van der Waals surface area (Å²) in [6.45, 7) is 6.40. The van der Waals surface area contributed by atoms with E-state index in [0.29, 0.717) is 12.0 Å². The second kappa shape index (κ2) is 6.50. The first-order valence-electron chi connectivity index (χ1n) is 6.33. The van der Waals surface area contributed by atoms with Crippen LogP contribution in [0.1, 0.15) is 31.9 Å². The Morgan fingerprint density at radius 3 is 2.39 bits per heavy atom. The lowest BCUT2D eigenvalue weighted by atomic mass is 10.0. The van der Waals surface area contributed by atoms with Crippen LogP contribution >= 0.6 is 12.4 Å². The van der Waals surface area contributed by atoms with Crippen LogP contribution in [-0.4, -0.2) is 24.0 Å². The molecule has 1 heterocycles. The van der Waals surface area contributed by atoms with Crippen LogP contribution < -0.4 is 5.73 Å². The zero-order valence-electron chi connectivity index (χ0n) is 11.0. The molecule has 1 aliphatic rings. The number of halogens is 2. The molecule has 18 heavy (non-hydrogen) atoms. The lowest BCUT2D eigenvalue weighted by molar-refractivity contribution is 0.248. The van der Waals surface area contributed by atoms with Crippen molar-refractivity contribution in [3.05, 3.63) is 35.6 Å². The van der Waals surface area contributed by atoms with E-state index in [-0.39, 0.29) is 24.3 Å². The summed E-state index contributed by atoms with van der Waals surface area (Å²) in [5.41, 5.74) is 7.12. The van der Waals surface area contributed by atoms with Gasteiger partial charge in [0.1, 0.15) is 5.82 Å². The number of hydrogen-bond donors (Lipinski definition) is 1. The zero-order valence-corrected chi connectivity index (χ0v) is 11.8. The van der Waals surface area contributed by atoms with Crippen LogP contribution in [0.2, 0.25) is 0 Å². The predicted molar refractivity (Wildman–Crippen MR) is 75.4 cm³/mol. The first-order valence-corrected chi connectivity index (χ1v) is 6.33. The molecule has 0 spiro atoms.